The minimum atomic E-state index is -1.09. The molecule has 3 aromatic rings. The molecule has 1 aromatic heterocycles. The summed E-state index contributed by atoms with van der Waals surface area (Å²) in [5, 5.41) is 14.1. The third-order valence-electron chi connectivity index (χ3n) is 3.58. The number of aliphatic carboxylic acids is 1. The van der Waals surface area contributed by atoms with Crippen LogP contribution in [0.5, 0.6) is 0 Å². The molecule has 0 bridgehead atoms. The Hall–Kier alpha value is -2.60. The molecule has 0 spiro atoms. The van der Waals surface area contributed by atoms with Crippen LogP contribution in [0, 0.1) is 0 Å². The molecule has 1 heterocycles. The molecule has 0 fully saturated rings. The van der Waals surface area contributed by atoms with E-state index in [0.29, 0.717) is 0 Å². The predicted octanol–water partition coefficient (Wildman–Crippen LogP) is 4.13. The molecule has 2 N–H and O–H groups in total. The second kappa shape index (κ2) is 7.31. The number of hydrogen-bond donors (Lipinski definition) is 2. The van der Waals surface area contributed by atoms with E-state index in [4.69, 9.17) is 4.84 Å². The molecule has 0 atom stereocenters. The molecule has 6 heteroatoms. The fourth-order valence-corrected chi connectivity index (χ4v) is 2.74. The Morgan fingerprint density at radius 1 is 1.21 bits per heavy atom. The Labute approximate surface area is 147 Å². The van der Waals surface area contributed by atoms with E-state index in [-0.39, 0.29) is 18.7 Å². The number of nitrogens with one attached hydrogen (secondary N) is 1. The first-order valence-corrected chi connectivity index (χ1v) is 8.14. The van der Waals surface area contributed by atoms with Gasteiger partial charge in [0.1, 0.15) is 6.61 Å². The molecular weight excluding hydrogens is 372 g/mol. The first kappa shape index (κ1) is 16.3. The summed E-state index contributed by atoms with van der Waals surface area (Å²) < 4.78 is 0.935. The molecule has 5 nitrogen and oxygen atoms in total. The number of halogens is 1. The lowest BCUT2D eigenvalue weighted by Crippen LogP contribution is -2.16. The van der Waals surface area contributed by atoms with Crippen LogP contribution in [0.3, 0.4) is 0 Å². The second-order valence-electron chi connectivity index (χ2n) is 5.28. The van der Waals surface area contributed by atoms with Crippen LogP contribution < -0.4 is 0 Å². The van der Waals surface area contributed by atoms with Crippen LogP contribution in [0.25, 0.3) is 10.9 Å². The van der Waals surface area contributed by atoms with Crippen molar-refractivity contribution in [1.82, 2.24) is 4.98 Å². The van der Waals surface area contributed by atoms with Gasteiger partial charge >= 0.3 is 5.97 Å². The lowest BCUT2D eigenvalue weighted by Gasteiger charge is -2.03. The maximum atomic E-state index is 11.4. The molecule has 0 aliphatic rings. The maximum Gasteiger partial charge on any atom is 0.354 e. The van der Waals surface area contributed by atoms with Crippen molar-refractivity contribution >= 4 is 38.5 Å². The zero-order valence-corrected chi connectivity index (χ0v) is 14.3. The lowest BCUT2D eigenvalue weighted by molar-refractivity contribution is -0.129. The van der Waals surface area contributed by atoms with Crippen molar-refractivity contribution in [3.8, 4) is 0 Å². The smallest absolute Gasteiger partial charge is 0.354 e. The Balaban J connectivity index is 1.77. The number of carboxylic acid groups (broad SMARTS) is 1. The van der Waals surface area contributed by atoms with Gasteiger partial charge in [-0.1, -0.05) is 51.4 Å². The van der Waals surface area contributed by atoms with E-state index in [9.17, 15) is 9.90 Å². The summed E-state index contributed by atoms with van der Waals surface area (Å²) in [7, 11) is 0. The molecule has 3 rings (SSSR count). The average Bonchev–Trinajstić information content (AvgIpc) is 2.97. The Kier molecular flexibility index (Phi) is 4.96. The SMILES string of the molecule is O=C(O)/C(Cc1c[nH]c2ccc(Br)cc12)=N\OCc1ccccc1. The summed E-state index contributed by atoms with van der Waals surface area (Å²) in [4.78, 5) is 19.8. The van der Waals surface area contributed by atoms with Gasteiger partial charge in [-0.15, -0.1) is 0 Å². The van der Waals surface area contributed by atoms with E-state index in [1.165, 1.54) is 0 Å². The molecule has 0 aliphatic heterocycles. The van der Waals surface area contributed by atoms with Gasteiger partial charge in [-0.3, -0.25) is 0 Å². The number of hydrogen-bond acceptors (Lipinski definition) is 3. The topological polar surface area (TPSA) is 74.7 Å². The van der Waals surface area contributed by atoms with E-state index in [2.05, 4.69) is 26.1 Å². The maximum absolute atomic E-state index is 11.4. The molecule has 0 aliphatic carbocycles. The number of nitrogens with zero attached hydrogens (tertiary/aromatic N) is 1. The molecule has 0 unspecified atom stereocenters. The molecule has 122 valence electrons. The molecule has 24 heavy (non-hydrogen) atoms. The minimum Gasteiger partial charge on any atom is -0.477 e. The Morgan fingerprint density at radius 3 is 2.75 bits per heavy atom. The number of oxime groups is 1. The normalized spacial score (nSPS) is 11.6. The highest BCUT2D eigenvalue weighted by molar-refractivity contribution is 9.10. The van der Waals surface area contributed by atoms with Crippen molar-refractivity contribution in [3.05, 3.63) is 70.3 Å². The van der Waals surface area contributed by atoms with Gasteiger partial charge < -0.3 is 14.9 Å². The van der Waals surface area contributed by atoms with Gasteiger partial charge in [0, 0.05) is 28.0 Å². The van der Waals surface area contributed by atoms with Crippen LogP contribution in [-0.4, -0.2) is 21.8 Å². The largest absolute Gasteiger partial charge is 0.477 e. The van der Waals surface area contributed by atoms with Crippen molar-refractivity contribution in [2.75, 3.05) is 0 Å². The minimum absolute atomic E-state index is 0.0354. The van der Waals surface area contributed by atoms with Crippen molar-refractivity contribution in [2.45, 2.75) is 13.0 Å². The van der Waals surface area contributed by atoms with Crippen LogP contribution in [0.4, 0.5) is 0 Å². The summed E-state index contributed by atoms with van der Waals surface area (Å²) in [6.07, 6.45) is 1.98. The summed E-state index contributed by atoms with van der Waals surface area (Å²) in [6.45, 7) is 0.233. The predicted molar refractivity (Wildman–Crippen MR) is 96.0 cm³/mol. The number of rotatable bonds is 6. The van der Waals surface area contributed by atoms with Crippen LogP contribution in [0.2, 0.25) is 0 Å². The van der Waals surface area contributed by atoms with Gasteiger partial charge in [-0.05, 0) is 29.3 Å². The van der Waals surface area contributed by atoms with Crippen molar-refractivity contribution in [3.63, 3.8) is 0 Å². The molecule has 0 saturated carbocycles. The van der Waals surface area contributed by atoms with Crippen molar-refractivity contribution in [1.29, 1.82) is 0 Å². The van der Waals surface area contributed by atoms with E-state index < -0.39 is 5.97 Å². The van der Waals surface area contributed by atoms with Crippen LogP contribution >= 0.6 is 15.9 Å². The quantitative estimate of drug-likeness (QED) is 0.493. The zero-order valence-electron chi connectivity index (χ0n) is 12.7. The highest BCUT2D eigenvalue weighted by atomic mass is 79.9. The number of benzene rings is 2. The molecule has 2 aromatic carbocycles. The van der Waals surface area contributed by atoms with E-state index in [1.807, 2.05) is 48.5 Å². The first-order valence-electron chi connectivity index (χ1n) is 7.35. The lowest BCUT2D eigenvalue weighted by atomic mass is 10.1. The number of fused-ring (bicyclic) bond motifs is 1. The molecule has 0 radical (unpaired) electrons. The number of aromatic amines is 1. The van der Waals surface area contributed by atoms with Gasteiger partial charge in [-0.2, -0.15) is 0 Å². The van der Waals surface area contributed by atoms with Crippen LogP contribution in [0.1, 0.15) is 11.1 Å². The summed E-state index contributed by atoms with van der Waals surface area (Å²) >= 11 is 3.43. The van der Waals surface area contributed by atoms with Crippen molar-refractivity contribution < 1.29 is 14.7 Å². The van der Waals surface area contributed by atoms with E-state index in [0.717, 1.165) is 26.5 Å². The highest BCUT2D eigenvalue weighted by Crippen LogP contribution is 2.23. The Bertz CT molecular complexity index is 888. The number of H-pyrrole nitrogens is 1. The summed E-state index contributed by atoms with van der Waals surface area (Å²) in [5.41, 5.74) is 2.70. The monoisotopic (exact) mass is 386 g/mol. The number of carboxylic acids is 1. The fraction of sp³-hybridized carbons (Fsp3) is 0.111. The van der Waals surface area contributed by atoms with Crippen LogP contribution in [-0.2, 0) is 22.7 Å². The molecule has 0 amide bonds. The van der Waals surface area contributed by atoms with Crippen LogP contribution in [0.15, 0.2) is 64.4 Å². The summed E-state index contributed by atoms with van der Waals surface area (Å²) in [5.74, 6) is -1.09. The van der Waals surface area contributed by atoms with Gasteiger partial charge in [0.2, 0.25) is 0 Å². The fourth-order valence-electron chi connectivity index (χ4n) is 2.38. The number of aromatic nitrogens is 1. The highest BCUT2D eigenvalue weighted by Gasteiger charge is 2.15. The van der Waals surface area contributed by atoms with Gasteiger partial charge in [0.15, 0.2) is 5.71 Å². The van der Waals surface area contributed by atoms with Gasteiger partial charge in [0.05, 0.1) is 0 Å². The Morgan fingerprint density at radius 2 is 2.00 bits per heavy atom. The standard InChI is InChI=1S/C18H15BrN2O3/c19-14-6-7-16-15(9-14)13(10-20-16)8-17(18(22)23)21-24-11-12-4-2-1-3-5-12/h1-7,9-10,20H,8,11H2,(H,22,23)/b21-17-. The number of carbonyl (C=O) groups is 1. The third kappa shape index (κ3) is 3.83. The third-order valence-corrected chi connectivity index (χ3v) is 4.08. The van der Waals surface area contributed by atoms with Gasteiger partial charge in [0.25, 0.3) is 0 Å². The summed E-state index contributed by atoms with van der Waals surface area (Å²) in [6, 6.07) is 15.3. The van der Waals surface area contributed by atoms with Gasteiger partial charge in [-0.25, -0.2) is 4.79 Å². The van der Waals surface area contributed by atoms with Crippen molar-refractivity contribution in [2.24, 2.45) is 5.16 Å². The molecular formula is C18H15BrN2O3. The first-order chi connectivity index (χ1) is 11.6. The van der Waals surface area contributed by atoms with E-state index in [1.54, 1.807) is 6.20 Å². The molecule has 0 saturated heterocycles. The second-order valence-corrected chi connectivity index (χ2v) is 6.20. The zero-order chi connectivity index (χ0) is 16.9. The average molecular weight is 387 g/mol. The van der Waals surface area contributed by atoms with E-state index >= 15 is 0 Å².